The molecule has 0 bridgehead atoms. The first-order chi connectivity index (χ1) is 17.1. The van der Waals surface area contributed by atoms with Crippen LogP contribution in [-0.4, -0.2) is 40.7 Å². The molecule has 4 aromatic rings. The first-order valence-corrected chi connectivity index (χ1v) is 13.1. The summed E-state index contributed by atoms with van der Waals surface area (Å²) in [6.07, 6.45) is 1.63. The van der Waals surface area contributed by atoms with E-state index in [4.69, 9.17) is 0 Å². The molecule has 2 amide bonds. The Kier molecular flexibility index (Phi) is 6.69. The molecule has 2 heterocycles. The van der Waals surface area contributed by atoms with Crippen LogP contribution in [0.4, 0.5) is 0 Å². The molecule has 5 heteroatoms. The van der Waals surface area contributed by atoms with E-state index in [1.54, 1.807) is 16.2 Å². The van der Waals surface area contributed by atoms with Crippen LogP contribution in [0, 0.1) is 0 Å². The number of hydrogen-bond donors (Lipinski definition) is 0. The highest BCUT2D eigenvalue weighted by molar-refractivity contribution is 7.10. The van der Waals surface area contributed by atoms with Crippen LogP contribution in [0.1, 0.15) is 52.7 Å². The topological polar surface area (TPSA) is 40.6 Å². The molecule has 1 aromatic heterocycles. The van der Waals surface area contributed by atoms with Crippen LogP contribution < -0.4 is 0 Å². The zero-order chi connectivity index (χ0) is 24.4. The smallest absolute Gasteiger partial charge is 0.254 e. The lowest BCUT2D eigenvalue weighted by atomic mass is 9.93. The zero-order valence-corrected chi connectivity index (χ0v) is 21.0. The van der Waals surface area contributed by atoms with E-state index in [9.17, 15) is 9.59 Å². The van der Waals surface area contributed by atoms with Crippen LogP contribution >= 0.6 is 11.3 Å². The minimum Gasteiger partial charge on any atom is -0.330 e. The van der Waals surface area contributed by atoms with Crippen molar-refractivity contribution in [3.63, 3.8) is 0 Å². The molecule has 35 heavy (non-hydrogen) atoms. The molecule has 0 spiro atoms. The fraction of sp³-hybridized carbons (Fsp3) is 0.267. The highest BCUT2D eigenvalue weighted by atomic mass is 32.1. The molecule has 1 aliphatic heterocycles. The minimum atomic E-state index is -0.117. The van der Waals surface area contributed by atoms with E-state index in [2.05, 4.69) is 30.5 Å². The maximum atomic E-state index is 13.8. The first kappa shape index (κ1) is 23.3. The van der Waals surface area contributed by atoms with E-state index < -0.39 is 0 Å². The fourth-order valence-electron chi connectivity index (χ4n) is 4.95. The molecule has 0 radical (unpaired) electrons. The van der Waals surface area contributed by atoms with Gasteiger partial charge in [-0.25, -0.2) is 0 Å². The number of benzene rings is 3. The third kappa shape index (κ3) is 4.61. The molecule has 3 aromatic carbocycles. The Balaban J connectivity index is 1.44. The van der Waals surface area contributed by atoms with Gasteiger partial charge in [-0.3, -0.25) is 9.59 Å². The van der Waals surface area contributed by atoms with Crippen molar-refractivity contribution >= 4 is 33.9 Å². The largest absolute Gasteiger partial charge is 0.330 e. The SMILES string of the molecule is CC[C@H](C)N(CC(=O)N1CCc2sccc2[C@@H]1c1ccccc1)C(=O)c1ccc2ccccc2c1. The molecule has 5 rings (SSSR count). The minimum absolute atomic E-state index is 0.00913. The number of carbonyl (C=O) groups is 2. The van der Waals surface area contributed by atoms with E-state index in [-0.39, 0.29) is 30.4 Å². The predicted octanol–water partition coefficient (Wildman–Crippen LogP) is 6.32. The van der Waals surface area contributed by atoms with Crippen LogP contribution in [0.15, 0.2) is 84.2 Å². The highest BCUT2D eigenvalue weighted by Gasteiger charge is 2.34. The average Bonchev–Trinajstić information content (AvgIpc) is 3.39. The van der Waals surface area contributed by atoms with Crippen molar-refractivity contribution in [3.8, 4) is 0 Å². The van der Waals surface area contributed by atoms with Crippen molar-refractivity contribution < 1.29 is 9.59 Å². The second-order valence-corrected chi connectivity index (χ2v) is 10.2. The summed E-state index contributed by atoms with van der Waals surface area (Å²) in [4.78, 5) is 32.6. The number of nitrogens with zero attached hydrogens (tertiary/aromatic N) is 2. The van der Waals surface area contributed by atoms with E-state index >= 15 is 0 Å². The van der Waals surface area contributed by atoms with Crippen molar-refractivity contribution in [1.82, 2.24) is 9.80 Å². The maximum absolute atomic E-state index is 13.8. The summed E-state index contributed by atoms with van der Waals surface area (Å²) >= 11 is 1.76. The fourth-order valence-corrected chi connectivity index (χ4v) is 5.86. The lowest BCUT2D eigenvalue weighted by Crippen LogP contribution is -2.49. The lowest BCUT2D eigenvalue weighted by molar-refractivity contribution is -0.134. The Hall–Kier alpha value is -3.44. The lowest BCUT2D eigenvalue weighted by Gasteiger charge is -2.38. The molecule has 0 N–H and O–H groups in total. The summed E-state index contributed by atoms with van der Waals surface area (Å²) in [6, 6.07) is 26.0. The summed E-state index contributed by atoms with van der Waals surface area (Å²) in [6.45, 7) is 4.81. The second kappa shape index (κ2) is 10.0. The third-order valence-electron chi connectivity index (χ3n) is 7.09. The maximum Gasteiger partial charge on any atom is 0.254 e. The number of fused-ring (bicyclic) bond motifs is 2. The Morgan fingerprint density at radius 1 is 1.00 bits per heavy atom. The Bertz CT molecular complexity index is 1350. The van der Waals surface area contributed by atoms with E-state index in [0.717, 1.165) is 29.2 Å². The average molecular weight is 483 g/mol. The Labute approximate surface area is 210 Å². The molecule has 4 nitrogen and oxygen atoms in total. The van der Waals surface area contributed by atoms with Gasteiger partial charge in [-0.05, 0) is 65.2 Å². The van der Waals surface area contributed by atoms with Crippen molar-refractivity contribution in [2.75, 3.05) is 13.1 Å². The molecular formula is C30H30N2O2S. The van der Waals surface area contributed by atoms with Gasteiger partial charge >= 0.3 is 0 Å². The monoisotopic (exact) mass is 482 g/mol. The van der Waals surface area contributed by atoms with Gasteiger partial charge in [0.05, 0.1) is 6.04 Å². The first-order valence-electron chi connectivity index (χ1n) is 12.3. The van der Waals surface area contributed by atoms with Gasteiger partial charge in [0, 0.05) is 23.0 Å². The molecule has 2 atom stereocenters. The summed E-state index contributed by atoms with van der Waals surface area (Å²) in [7, 11) is 0. The molecular weight excluding hydrogens is 452 g/mol. The highest BCUT2D eigenvalue weighted by Crippen LogP contribution is 2.38. The number of carbonyl (C=O) groups excluding carboxylic acids is 2. The number of hydrogen-bond acceptors (Lipinski definition) is 3. The van der Waals surface area contributed by atoms with E-state index in [1.807, 2.05) is 72.5 Å². The van der Waals surface area contributed by atoms with Crippen LogP contribution in [0.2, 0.25) is 0 Å². The second-order valence-electron chi connectivity index (χ2n) is 9.20. The van der Waals surface area contributed by atoms with Gasteiger partial charge < -0.3 is 9.80 Å². The van der Waals surface area contributed by atoms with Crippen LogP contribution in [0.5, 0.6) is 0 Å². The van der Waals surface area contributed by atoms with Crippen LogP contribution in [0.3, 0.4) is 0 Å². The molecule has 0 unspecified atom stereocenters. The van der Waals surface area contributed by atoms with Gasteiger partial charge in [-0.1, -0.05) is 67.6 Å². The van der Waals surface area contributed by atoms with Crippen molar-refractivity contribution in [2.24, 2.45) is 0 Å². The van der Waals surface area contributed by atoms with Gasteiger partial charge in [0.15, 0.2) is 0 Å². The summed E-state index contributed by atoms with van der Waals surface area (Å²) in [5.74, 6) is -0.104. The van der Waals surface area contributed by atoms with Gasteiger partial charge in [-0.2, -0.15) is 0 Å². The van der Waals surface area contributed by atoms with Gasteiger partial charge in [-0.15, -0.1) is 11.3 Å². The third-order valence-corrected chi connectivity index (χ3v) is 8.08. The molecule has 1 aliphatic rings. The standard InChI is InChI=1S/C30H30N2O2S/c1-3-21(2)32(30(34)25-14-13-22-9-7-8-12-24(22)19-25)20-28(33)31-17-15-27-26(16-18-35-27)29(31)23-10-5-4-6-11-23/h4-14,16,18-19,21,29H,3,15,17,20H2,1-2H3/t21-,29-/m0/s1. The van der Waals surface area contributed by atoms with E-state index in [0.29, 0.717) is 12.1 Å². The summed E-state index contributed by atoms with van der Waals surface area (Å²) in [5, 5.41) is 4.24. The van der Waals surface area contributed by atoms with Gasteiger partial charge in [0.1, 0.15) is 6.54 Å². The molecule has 0 fully saturated rings. The Morgan fingerprint density at radius 2 is 1.74 bits per heavy atom. The van der Waals surface area contributed by atoms with Crippen LogP contribution in [-0.2, 0) is 11.2 Å². The normalized spacial score (nSPS) is 16.1. The predicted molar refractivity (Wildman–Crippen MR) is 143 cm³/mol. The molecule has 0 saturated heterocycles. The summed E-state index contributed by atoms with van der Waals surface area (Å²) in [5.41, 5.74) is 2.93. The number of thiophene rings is 1. The molecule has 0 aliphatic carbocycles. The quantitative estimate of drug-likeness (QED) is 0.323. The van der Waals surface area contributed by atoms with Crippen molar-refractivity contribution in [1.29, 1.82) is 0 Å². The van der Waals surface area contributed by atoms with Crippen molar-refractivity contribution in [3.05, 3.63) is 106 Å². The van der Waals surface area contributed by atoms with Gasteiger partial charge in [0.25, 0.3) is 5.91 Å². The molecule has 0 saturated carbocycles. The summed E-state index contributed by atoms with van der Waals surface area (Å²) < 4.78 is 0. The number of rotatable bonds is 6. The van der Waals surface area contributed by atoms with E-state index in [1.165, 1.54) is 10.4 Å². The zero-order valence-electron chi connectivity index (χ0n) is 20.2. The Morgan fingerprint density at radius 3 is 2.51 bits per heavy atom. The van der Waals surface area contributed by atoms with Crippen LogP contribution in [0.25, 0.3) is 10.8 Å². The van der Waals surface area contributed by atoms with Gasteiger partial charge in [0.2, 0.25) is 5.91 Å². The molecule has 178 valence electrons. The van der Waals surface area contributed by atoms with Crippen molar-refractivity contribution in [2.45, 2.75) is 38.8 Å². The number of amides is 2.